The van der Waals surface area contributed by atoms with Crippen LogP contribution >= 0.6 is 8.69 Å². The van der Waals surface area contributed by atoms with Gasteiger partial charge >= 0.3 is 14.7 Å². The second kappa shape index (κ2) is 7.38. The lowest BCUT2D eigenvalue weighted by Gasteiger charge is -1.97. The summed E-state index contributed by atoms with van der Waals surface area (Å²) in [6.45, 7) is 1.99. The number of hydrogen-bond acceptors (Lipinski definition) is 4. The Morgan fingerprint density at radius 1 is 1.55 bits per heavy atom. The number of rotatable bonds is 5. The first-order valence-electron chi connectivity index (χ1n) is 3.05. The molecule has 0 N–H and O–H groups in total. The van der Waals surface area contributed by atoms with Crippen molar-refractivity contribution in [1.29, 1.82) is 0 Å². The van der Waals surface area contributed by atoms with E-state index in [1.165, 1.54) is 6.08 Å². The number of carbonyl (C=O) groups is 1. The SMILES string of the molecule is CC=CC(=O)OCCOP=O. The molecule has 0 aromatic heterocycles. The van der Waals surface area contributed by atoms with Crippen molar-refractivity contribution in [1.82, 2.24) is 0 Å². The van der Waals surface area contributed by atoms with Crippen LogP contribution in [-0.2, 0) is 18.6 Å². The van der Waals surface area contributed by atoms with Gasteiger partial charge in [0.15, 0.2) is 0 Å². The van der Waals surface area contributed by atoms with Crippen molar-refractivity contribution in [2.24, 2.45) is 0 Å². The highest BCUT2D eigenvalue weighted by atomic mass is 31.1. The minimum Gasteiger partial charge on any atom is -0.460 e. The van der Waals surface area contributed by atoms with E-state index in [2.05, 4.69) is 9.26 Å². The molecule has 0 saturated carbocycles. The summed E-state index contributed by atoms with van der Waals surface area (Å²) in [6, 6.07) is 0. The van der Waals surface area contributed by atoms with Crippen LogP contribution < -0.4 is 0 Å². The lowest BCUT2D eigenvalue weighted by molar-refractivity contribution is -0.138. The summed E-state index contributed by atoms with van der Waals surface area (Å²) in [4.78, 5) is 10.6. The Hall–Kier alpha value is -0.730. The molecule has 4 nitrogen and oxygen atoms in total. The van der Waals surface area contributed by atoms with Gasteiger partial charge in [-0.25, -0.2) is 9.36 Å². The van der Waals surface area contributed by atoms with E-state index in [1.54, 1.807) is 13.0 Å². The first-order chi connectivity index (χ1) is 5.31. The van der Waals surface area contributed by atoms with E-state index in [4.69, 9.17) is 0 Å². The molecule has 0 heterocycles. The Kier molecular flexibility index (Phi) is 6.89. The smallest absolute Gasteiger partial charge is 0.330 e. The van der Waals surface area contributed by atoms with Crippen LogP contribution in [0.2, 0.25) is 0 Å². The second-order valence-electron chi connectivity index (χ2n) is 1.58. The quantitative estimate of drug-likeness (QED) is 0.274. The zero-order valence-electron chi connectivity index (χ0n) is 6.15. The maximum atomic E-state index is 10.6. The maximum absolute atomic E-state index is 10.6. The molecule has 62 valence electrons. The number of esters is 1. The second-order valence-corrected chi connectivity index (χ2v) is 1.98. The van der Waals surface area contributed by atoms with Crippen LogP contribution in [0.3, 0.4) is 0 Å². The van der Waals surface area contributed by atoms with Gasteiger partial charge in [-0.1, -0.05) is 6.08 Å². The van der Waals surface area contributed by atoms with Crippen molar-refractivity contribution in [3.63, 3.8) is 0 Å². The molecule has 0 fully saturated rings. The van der Waals surface area contributed by atoms with E-state index in [1.807, 2.05) is 0 Å². The minimum absolute atomic E-state index is 0.123. The van der Waals surface area contributed by atoms with Crippen LogP contribution in [0.15, 0.2) is 12.2 Å². The summed E-state index contributed by atoms with van der Waals surface area (Å²) < 4.78 is 18.7. The molecule has 11 heavy (non-hydrogen) atoms. The minimum atomic E-state index is -0.418. The largest absolute Gasteiger partial charge is 0.460 e. The Balaban J connectivity index is 3.24. The molecule has 0 amide bonds. The molecule has 0 aromatic carbocycles. The molecule has 5 heteroatoms. The number of hydrogen-bond donors (Lipinski definition) is 0. The highest BCUT2D eigenvalue weighted by molar-refractivity contribution is 7.17. The number of allylic oxidation sites excluding steroid dienone is 1. The number of ether oxygens (including phenoxy) is 1. The summed E-state index contributed by atoms with van der Waals surface area (Å²) in [6.07, 6.45) is 2.88. The normalized spacial score (nSPS) is 10.6. The van der Waals surface area contributed by atoms with Gasteiger partial charge in [-0.3, -0.25) is 4.52 Å². The van der Waals surface area contributed by atoms with Gasteiger partial charge in [0.25, 0.3) is 0 Å². The zero-order valence-corrected chi connectivity index (χ0v) is 7.04. The Bertz CT molecular complexity index is 155. The fourth-order valence-electron chi connectivity index (χ4n) is 0.401. The van der Waals surface area contributed by atoms with Gasteiger partial charge in [0, 0.05) is 6.08 Å². The van der Waals surface area contributed by atoms with Crippen molar-refractivity contribution < 1.29 is 18.6 Å². The topological polar surface area (TPSA) is 52.6 Å². The fraction of sp³-hybridized carbons (Fsp3) is 0.500. The molecule has 0 saturated heterocycles. The van der Waals surface area contributed by atoms with Crippen LogP contribution in [0.1, 0.15) is 6.92 Å². The summed E-state index contributed by atoms with van der Waals surface area (Å²) in [5.74, 6) is -0.418. The molecule has 0 aromatic rings. The highest BCUT2D eigenvalue weighted by Crippen LogP contribution is 1.92. The fourth-order valence-corrected chi connectivity index (χ4v) is 0.550. The van der Waals surface area contributed by atoms with Crippen LogP contribution in [0.5, 0.6) is 0 Å². The third-order valence-corrected chi connectivity index (χ3v) is 1.06. The molecule has 0 unspecified atom stereocenters. The predicted molar refractivity (Wildman–Crippen MR) is 39.3 cm³/mol. The van der Waals surface area contributed by atoms with Crippen LogP contribution in [0, 0.1) is 0 Å². The lowest BCUT2D eigenvalue weighted by atomic mass is 10.5. The van der Waals surface area contributed by atoms with Gasteiger partial charge < -0.3 is 4.74 Å². The van der Waals surface area contributed by atoms with Gasteiger partial charge in [0.1, 0.15) is 6.61 Å². The van der Waals surface area contributed by atoms with Crippen molar-refractivity contribution >= 4 is 14.7 Å². The Morgan fingerprint density at radius 2 is 2.27 bits per heavy atom. The Morgan fingerprint density at radius 3 is 2.82 bits per heavy atom. The average Bonchev–Trinajstić information content (AvgIpc) is 1.99. The Labute approximate surface area is 66.5 Å². The van der Waals surface area contributed by atoms with Gasteiger partial charge in [-0.15, -0.1) is 0 Å². The van der Waals surface area contributed by atoms with Crippen molar-refractivity contribution in [3.05, 3.63) is 12.2 Å². The number of carbonyl (C=O) groups excluding carboxylic acids is 1. The molecule has 0 spiro atoms. The summed E-state index contributed by atoms with van der Waals surface area (Å²) in [5, 5.41) is 0. The van der Waals surface area contributed by atoms with Crippen molar-refractivity contribution in [3.8, 4) is 0 Å². The lowest BCUT2D eigenvalue weighted by Crippen LogP contribution is -2.05. The summed E-state index contributed by atoms with van der Waals surface area (Å²) in [5.41, 5.74) is 0. The summed E-state index contributed by atoms with van der Waals surface area (Å²) in [7, 11) is -0.395. The monoisotopic (exact) mass is 176 g/mol. The molecule has 0 rings (SSSR count). The van der Waals surface area contributed by atoms with Gasteiger partial charge in [0.2, 0.25) is 0 Å². The highest BCUT2D eigenvalue weighted by Gasteiger charge is 1.94. The molecule has 0 atom stereocenters. The van der Waals surface area contributed by atoms with Crippen LogP contribution in [0.25, 0.3) is 0 Å². The van der Waals surface area contributed by atoms with Gasteiger partial charge in [-0.2, -0.15) is 0 Å². The molecular weight excluding hydrogens is 167 g/mol. The van der Waals surface area contributed by atoms with Gasteiger partial charge in [-0.05, 0) is 6.92 Å². The van der Waals surface area contributed by atoms with Gasteiger partial charge in [0.05, 0.1) is 6.61 Å². The van der Waals surface area contributed by atoms with E-state index >= 15 is 0 Å². The van der Waals surface area contributed by atoms with Crippen LogP contribution in [0.4, 0.5) is 0 Å². The van der Waals surface area contributed by atoms with E-state index in [-0.39, 0.29) is 13.2 Å². The van der Waals surface area contributed by atoms with E-state index in [9.17, 15) is 9.36 Å². The molecule has 0 aliphatic rings. The predicted octanol–water partition coefficient (Wildman–Crippen LogP) is 1.33. The van der Waals surface area contributed by atoms with E-state index in [0.29, 0.717) is 0 Å². The third kappa shape index (κ3) is 7.16. The first-order valence-corrected chi connectivity index (χ1v) is 3.78. The molecule has 0 radical (unpaired) electrons. The molecule has 0 aliphatic carbocycles. The van der Waals surface area contributed by atoms with E-state index in [0.717, 1.165) is 0 Å². The van der Waals surface area contributed by atoms with Crippen LogP contribution in [-0.4, -0.2) is 19.2 Å². The average molecular weight is 176 g/mol. The molecule has 0 aliphatic heterocycles. The summed E-state index contributed by atoms with van der Waals surface area (Å²) >= 11 is 0. The van der Waals surface area contributed by atoms with Crippen molar-refractivity contribution in [2.45, 2.75) is 6.92 Å². The zero-order chi connectivity index (χ0) is 8.53. The van der Waals surface area contributed by atoms with E-state index < -0.39 is 14.7 Å². The standard InChI is InChI=1S/C6H9O4P/c1-2-3-6(7)9-4-5-10-11-8/h2-3H,4-5H2,1H3. The maximum Gasteiger partial charge on any atom is 0.330 e. The van der Waals surface area contributed by atoms with Crippen molar-refractivity contribution in [2.75, 3.05) is 13.2 Å². The first kappa shape index (κ1) is 10.3. The molecule has 0 bridgehead atoms. The third-order valence-electron chi connectivity index (χ3n) is 0.774. The molecular formula is C6H9O4P.